The SMILES string of the molecule is CCC(OC(=O)c1cc(-c2ccc(N3C(=O)C4C5CCC(C5)C4C3=O)cc2)nc2ccc(Cl)cc12)C(=O)c1ccccc1. The number of nitrogens with zero attached hydrogens (tertiary/aromatic N) is 2. The number of esters is 1. The third-order valence-corrected chi connectivity index (χ3v) is 9.55. The first-order valence-electron chi connectivity index (χ1n) is 14.7. The molecule has 2 saturated carbocycles. The van der Waals surface area contributed by atoms with Crippen LogP contribution < -0.4 is 4.90 Å². The van der Waals surface area contributed by atoms with Gasteiger partial charge in [-0.1, -0.05) is 61.0 Å². The number of fused-ring (bicyclic) bond motifs is 6. The Kier molecular flexibility index (Phi) is 6.85. The fourth-order valence-electron chi connectivity index (χ4n) is 7.26. The van der Waals surface area contributed by atoms with E-state index in [4.69, 9.17) is 21.3 Å². The number of benzene rings is 3. The van der Waals surface area contributed by atoms with Crippen molar-refractivity contribution in [2.75, 3.05) is 4.90 Å². The van der Waals surface area contributed by atoms with Crippen molar-refractivity contribution in [1.82, 2.24) is 4.98 Å². The Morgan fingerprint density at radius 2 is 1.60 bits per heavy atom. The lowest BCUT2D eigenvalue weighted by atomic mass is 9.81. The summed E-state index contributed by atoms with van der Waals surface area (Å²) >= 11 is 6.28. The standard InChI is InChI=1S/C35H29ClN2O5/c1-2-29(32(39)20-6-4-3-5-7-20)43-35(42)26-18-28(37-27-15-12-23(36)17-25(26)27)19-10-13-24(14-11-19)38-33(40)30-21-8-9-22(16-21)31(30)34(38)41/h3-7,10-15,17-18,21-22,29-31H,2,8-9,16H2,1H3. The van der Waals surface area contributed by atoms with Gasteiger partial charge in [0, 0.05) is 21.5 Å². The molecule has 0 spiro atoms. The number of ether oxygens (including phenoxy) is 1. The van der Waals surface area contributed by atoms with Crippen molar-refractivity contribution < 1.29 is 23.9 Å². The molecule has 2 amide bonds. The zero-order chi connectivity index (χ0) is 29.8. The van der Waals surface area contributed by atoms with Gasteiger partial charge < -0.3 is 4.74 Å². The molecule has 0 radical (unpaired) electrons. The van der Waals surface area contributed by atoms with Crippen molar-refractivity contribution in [2.24, 2.45) is 23.7 Å². The molecular weight excluding hydrogens is 564 g/mol. The highest BCUT2D eigenvalue weighted by Gasteiger charge is 2.61. The van der Waals surface area contributed by atoms with E-state index in [0.717, 1.165) is 19.3 Å². The Labute approximate surface area is 253 Å². The Balaban J connectivity index is 1.19. The third-order valence-electron chi connectivity index (χ3n) is 9.31. The van der Waals surface area contributed by atoms with Crippen LogP contribution in [-0.2, 0) is 14.3 Å². The van der Waals surface area contributed by atoms with E-state index >= 15 is 0 Å². The molecule has 1 saturated heterocycles. The molecule has 43 heavy (non-hydrogen) atoms. The maximum atomic E-state index is 13.6. The van der Waals surface area contributed by atoms with Crippen molar-refractivity contribution in [2.45, 2.75) is 38.7 Å². The largest absolute Gasteiger partial charge is 0.450 e. The smallest absolute Gasteiger partial charge is 0.339 e. The Morgan fingerprint density at radius 1 is 0.930 bits per heavy atom. The molecule has 3 fully saturated rings. The average molecular weight is 593 g/mol. The highest BCUT2D eigenvalue weighted by molar-refractivity contribution is 6.31. The Hall–Kier alpha value is -4.36. The molecule has 0 N–H and O–H groups in total. The van der Waals surface area contributed by atoms with Crippen molar-refractivity contribution in [3.63, 3.8) is 0 Å². The second kappa shape index (κ2) is 10.7. The average Bonchev–Trinajstić information content (AvgIpc) is 3.72. The zero-order valence-electron chi connectivity index (χ0n) is 23.5. The summed E-state index contributed by atoms with van der Waals surface area (Å²) in [5, 5.41) is 0.945. The first-order valence-corrected chi connectivity index (χ1v) is 15.1. The second-order valence-corrected chi connectivity index (χ2v) is 12.1. The van der Waals surface area contributed by atoms with E-state index in [1.165, 1.54) is 4.90 Å². The number of amides is 2. The molecule has 7 nitrogen and oxygen atoms in total. The van der Waals surface area contributed by atoms with Crippen LogP contribution in [0.5, 0.6) is 0 Å². The van der Waals surface area contributed by atoms with Crippen molar-refractivity contribution in [1.29, 1.82) is 0 Å². The van der Waals surface area contributed by atoms with Gasteiger partial charge in [-0.3, -0.25) is 19.3 Å². The van der Waals surface area contributed by atoms with Gasteiger partial charge in [-0.05, 0) is 73.9 Å². The summed E-state index contributed by atoms with van der Waals surface area (Å²) in [6.07, 6.45) is 2.41. The van der Waals surface area contributed by atoms with Crippen LogP contribution in [0, 0.1) is 23.7 Å². The number of imide groups is 1. The van der Waals surface area contributed by atoms with Gasteiger partial charge in [-0.15, -0.1) is 0 Å². The molecule has 5 atom stereocenters. The highest BCUT2D eigenvalue weighted by atomic mass is 35.5. The maximum Gasteiger partial charge on any atom is 0.339 e. The van der Waals surface area contributed by atoms with Gasteiger partial charge in [-0.25, -0.2) is 9.78 Å². The zero-order valence-corrected chi connectivity index (χ0v) is 24.3. The van der Waals surface area contributed by atoms with Gasteiger partial charge in [-0.2, -0.15) is 0 Å². The molecule has 2 heterocycles. The van der Waals surface area contributed by atoms with Crippen molar-refractivity contribution >= 4 is 51.8 Å². The highest BCUT2D eigenvalue weighted by Crippen LogP contribution is 2.56. The number of anilines is 1. The van der Waals surface area contributed by atoms with E-state index in [-0.39, 0.29) is 35.0 Å². The lowest BCUT2D eigenvalue weighted by molar-refractivity contribution is -0.123. The minimum absolute atomic E-state index is 0.0868. The number of ketones is 1. The minimum Gasteiger partial charge on any atom is -0.450 e. The number of pyridine rings is 1. The molecule has 3 aliphatic rings. The quantitative estimate of drug-likeness (QED) is 0.131. The summed E-state index contributed by atoms with van der Waals surface area (Å²) in [4.78, 5) is 59.4. The van der Waals surface area contributed by atoms with Crippen LogP contribution in [0.2, 0.25) is 5.02 Å². The normalized spacial score (nSPS) is 23.1. The van der Waals surface area contributed by atoms with Crippen LogP contribution in [0.25, 0.3) is 22.2 Å². The summed E-state index contributed by atoms with van der Waals surface area (Å²) in [7, 11) is 0. The van der Waals surface area contributed by atoms with Crippen LogP contribution in [0.15, 0.2) is 78.9 Å². The molecule has 1 aliphatic heterocycles. The summed E-state index contributed by atoms with van der Waals surface area (Å²) in [6.45, 7) is 1.79. The van der Waals surface area contributed by atoms with E-state index in [9.17, 15) is 19.2 Å². The number of rotatable bonds is 7. The Bertz CT molecular complexity index is 1760. The van der Waals surface area contributed by atoms with Gasteiger partial charge >= 0.3 is 5.97 Å². The van der Waals surface area contributed by atoms with Crippen LogP contribution >= 0.6 is 11.6 Å². The number of carbonyl (C=O) groups is 4. The molecular formula is C35H29ClN2O5. The van der Waals surface area contributed by atoms with Crippen molar-refractivity contribution in [3.8, 4) is 11.3 Å². The van der Waals surface area contributed by atoms with E-state index in [2.05, 4.69) is 0 Å². The molecule has 216 valence electrons. The van der Waals surface area contributed by atoms with Crippen LogP contribution in [0.1, 0.15) is 53.3 Å². The lowest BCUT2D eigenvalue weighted by Crippen LogP contribution is -2.32. The minimum atomic E-state index is -0.953. The third kappa shape index (κ3) is 4.63. The summed E-state index contributed by atoms with van der Waals surface area (Å²) in [5.74, 6) is -0.834. The van der Waals surface area contributed by atoms with Gasteiger partial charge in [0.05, 0.1) is 34.3 Å². The summed E-state index contributed by atoms with van der Waals surface area (Å²) in [6, 6.07) is 22.6. The topological polar surface area (TPSA) is 93.6 Å². The number of Topliss-reactive ketones (excluding diaryl/α,β-unsaturated/α-hetero) is 1. The monoisotopic (exact) mass is 592 g/mol. The number of aromatic nitrogens is 1. The number of hydrogen-bond donors (Lipinski definition) is 0. The molecule has 4 aromatic rings. The second-order valence-electron chi connectivity index (χ2n) is 11.7. The molecule has 3 aromatic carbocycles. The summed E-state index contributed by atoms with van der Waals surface area (Å²) < 4.78 is 5.77. The molecule has 8 heteroatoms. The lowest BCUT2D eigenvalue weighted by Gasteiger charge is -2.19. The molecule has 2 bridgehead atoms. The van der Waals surface area contributed by atoms with E-state index < -0.39 is 12.1 Å². The first kappa shape index (κ1) is 27.5. The fraction of sp³-hybridized carbons (Fsp3) is 0.286. The fourth-order valence-corrected chi connectivity index (χ4v) is 7.43. The predicted molar refractivity (Wildman–Crippen MR) is 163 cm³/mol. The number of carbonyl (C=O) groups excluding carboxylic acids is 4. The maximum absolute atomic E-state index is 13.6. The molecule has 5 unspecified atom stereocenters. The van der Waals surface area contributed by atoms with Gasteiger partial charge in [0.25, 0.3) is 0 Å². The van der Waals surface area contributed by atoms with Gasteiger partial charge in [0.2, 0.25) is 17.6 Å². The molecule has 7 rings (SSSR count). The van der Waals surface area contributed by atoms with Crippen LogP contribution in [-0.4, -0.2) is 34.7 Å². The number of hydrogen-bond acceptors (Lipinski definition) is 6. The molecule has 1 aromatic heterocycles. The van der Waals surface area contributed by atoms with E-state index in [1.54, 1.807) is 79.7 Å². The predicted octanol–water partition coefficient (Wildman–Crippen LogP) is 6.91. The van der Waals surface area contributed by atoms with Gasteiger partial charge in [0.15, 0.2) is 6.10 Å². The van der Waals surface area contributed by atoms with Crippen LogP contribution in [0.4, 0.5) is 5.69 Å². The summed E-state index contributed by atoms with van der Waals surface area (Å²) in [5.41, 5.74) is 2.99. The Morgan fingerprint density at radius 3 is 2.26 bits per heavy atom. The van der Waals surface area contributed by atoms with E-state index in [0.29, 0.717) is 56.7 Å². The van der Waals surface area contributed by atoms with Crippen molar-refractivity contribution in [3.05, 3.63) is 95.0 Å². The van der Waals surface area contributed by atoms with Crippen LogP contribution in [0.3, 0.4) is 0 Å². The van der Waals surface area contributed by atoms with Gasteiger partial charge in [0.1, 0.15) is 0 Å². The van der Waals surface area contributed by atoms with E-state index in [1.807, 2.05) is 6.07 Å². The molecule has 2 aliphatic carbocycles. The first-order chi connectivity index (χ1) is 20.8. The number of halogens is 1.